The smallest absolute Gasteiger partial charge is 0.408 e. The second kappa shape index (κ2) is 5.15. The van der Waals surface area contributed by atoms with E-state index < -0.39 is 23.6 Å². The van der Waals surface area contributed by atoms with Gasteiger partial charge in [0.25, 0.3) is 0 Å². The molecule has 0 heterocycles. The molecule has 1 amide bonds. The second-order valence-corrected chi connectivity index (χ2v) is 5.95. The third-order valence-electron chi connectivity index (χ3n) is 3.21. The molecule has 0 saturated heterocycles. The van der Waals surface area contributed by atoms with Gasteiger partial charge < -0.3 is 15.2 Å². The number of hydrogen-bond acceptors (Lipinski definition) is 3. The standard InChI is InChI=1S/C15H19NO4/c1-15(2,3)20-14(19)16-12-8-11(13(17)18)9-6-4-5-7-10(9)12/h4-7,11-12H,8H2,1-3H3,(H,16,19)(H,17,18). The van der Waals surface area contributed by atoms with Crippen LogP contribution in [0.2, 0.25) is 0 Å². The van der Waals surface area contributed by atoms with Gasteiger partial charge in [0.2, 0.25) is 0 Å². The largest absolute Gasteiger partial charge is 0.481 e. The number of carbonyl (C=O) groups excluding carboxylic acids is 1. The zero-order valence-corrected chi connectivity index (χ0v) is 11.8. The fourth-order valence-corrected chi connectivity index (χ4v) is 2.46. The molecule has 0 radical (unpaired) electrons. The van der Waals surface area contributed by atoms with Gasteiger partial charge in [0.05, 0.1) is 12.0 Å². The molecule has 1 aliphatic rings. The van der Waals surface area contributed by atoms with Crippen molar-refractivity contribution in [1.82, 2.24) is 5.32 Å². The Bertz CT molecular complexity index is 533. The third-order valence-corrected chi connectivity index (χ3v) is 3.21. The summed E-state index contributed by atoms with van der Waals surface area (Å²) in [4.78, 5) is 23.1. The van der Waals surface area contributed by atoms with Crippen molar-refractivity contribution in [2.75, 3.05) is 0 Å². The lowest BCUT2D eigenvalue weighted by atomic mass is 10.0. The molecule has 0 spiro atoms. The number of carboxylic acid groups (broad SMARTS) is 1. The normalized spacial score (nSPS) is 21.1. The summed E-state index contributed by atoms with van der Waals surface area (Å²) in [7, 11) is 0. The van der Waals surface area contributed by atoms with Crippen LogP contribution in [0.3, 0.4) is 0 Å². The predicted molar refractivity (Wildman–Crippen MR) is 73.5 cm³/mol. The minimum absolute atomic E-state index is 0.317. The van der Waals surface area contributed by atoms with Crippen molar-refractivity contribution >= 4 is 12.1 Å². The molecular weight excluding hydrogens is 258 g/mol. The van der Waals surface area contributed by atoms with E-state index in [9.17, 15) is 14.7 Å². The summed E-state index contributed by atoms with van der Waals surface area (Å²) in [5.74, 6) is -1.45. The Morgan fingerprint density at radius 3 is 2.40 bits per heavy atom. The average Bonchev–Trinajstić information content (AvgIpc) is 2.66. The monoisotopic (exact) mass is 277 g/mol. The van der Waals surface area contributed by atoms with E-state index in [1.807, 2.05) is 18.2 Å². The van der Waals surface area contributed by atoms with E-state index in [0.717, 1.165) is 11.1 Å². The highest BCUT2D eigenvalue weighted by molar-refractivity contribution is 5.79. The van der Waals surface area contributed by atoms with E-state index >= 15 is 0 Å². The summed E-state index contributed by atoms with van der Waals surface area (Å²) in [6.07, 6.45) is -0.170. The van der Waals surface area contributed by atoms with Gasteiger partial charge in [0, 0.05) is 0 Å². The molecule has 108 valence electrons. The summed E-state index contributed by atoms with van der Waals surface area (Å²) >= 11 is 0. The molecule has 0 aromatic heterocycles. The molecule has 0 fully saturated rings. The Kier molecular flexibility index (Phi) is 3.70. The lowest BCUT2D eigenvalue weighted by Gasteiger charge is -2.22. The fourth-order valence-electron chi connectivity index (χ4n) is 2.46. The number of alkyl carbamates (subject to hydrolysis) is 1. The first-order valence-corrected chi connectivity index (χ1v) is 6.59. The Hall–Kier alpha value is -2.04. The van der Waals surface area contributed by atoms with E-state index in [-0.39, 0.29) is 6.04 Å². The van der Waals surface area contributed by atoms with Crippen molar-refractivity contribution in [3.8, 4) is 0 Å². The maximum atomic E-state index is 11.8. The van der Waals surface area contributed by atoms with Crippen LogP contribution in [0, 0.1) is 0 Å². The molecule has 2 unspecified atom stereocenters. The predicted octanol–water partition coefficient (Wildman–Crippen LogP) is 2.82. The van der Waals surface area contributed by atoms with E-state index in [1.165, 1.54) is 0 Å². The number of benzene rings is 1. The van der Waals surface area contributed by atoms with Gasteiger partial charge in [0.15, 0.2) is 0 Å². The average molecular weight is 277 g/mol. The molecule has 2 N–H and O–H groups in total. The van der Waals surface area contributed by atoms with Crippen LogP contribution in [0.25, 0.3) is 0 Å². The second-order valence-electron chi connectivity index (χ2n) is 5.95. The Morgan fingerprint density at radius 1 is 1.25 bits per heavy atom. The zero-order chi connectivity index (χ0) is 14.9. The van der Waals surface area contributed by atoms with Crippen LogP contribution in [0.4, 0.5) is 4.79 Å². The summed E-state index contributed by atoms with van der Waals surface area (Å²) in [5, 5.41) is 12.0. The highest BCUT2D eigenvalue weighted by Gasteiger charge is 2.36. The minimum Gasteiger partial charge on any atom is -0.481 e. The van der Waals surface area contributed by atoms with Gasteiger partial charge in [-0.1, -0.05) is 24.3 Å². The highest BCUT2D eigenvalue weighted by Crippen LogP contribution is 2.40. The summed E-state index contributed by atoms with van der Waals surface area (Å²) in [5.41, 5.74) is 1.04. The van der Waals surface area contributed by atoms with Gasteiger partial charge in [0.1, 0.15) is 5.60 Å². The molecule has 1 aliphatic carbocycles. The number of ether oxygens (including phenoxy) is 1. The lowest BCUT2D eigenvalue weighted by molar-refractivity contribution is -0.138. The first-order chi connectivity index (χ1) is 9.28. The number of carboxylic acids is 1. The topological polar surface area (TPSA) is 75.6 Å². The lowest BCUT2D eigenvalue weighted by Crippen LogP contribution is -2.34. The molecule has 1 aromatic rings. The van der Waals surface area contributed by atoms with Gasteiger partial charge in [-0.25, -0.2) is 4.79 Å². The van der Waals surface area contributed by atoms with Gasteiger partial charge in [-0.3, -0.25) is 4.79 Å². The van der Waals surface area contributed by atoms with Gasteiger partial charge in [-0.05, 0) is 38.3 Å². The highest BCUT2D eigenvalue weighted by atomic mass is 16.6. The molecule has 2 atom stereocenters. The maximum absolute atomic E-state index is 11.8. The number of fused-ring (bicyclic) bond motifs is 1. The molecule has 1 aromatic carbocycles. The quantitative estimate of drug-likeness (QED) is 0.871. The zero-order valence-electron chi connectivity index (χ0n) is 11.8. The van der Waals surface area contributed by atoms with Crippen molar-refractivity contribution in [2.45, 2.75) is 44.8 Å². The Labute approximate surface area is 117 Å². The minimum atomic E-state index is -0.870. The van der Waals surface area contributed by atoms with Crippen molar-refractivity contribution in [1.29, 1.82) is 0 Å². The SMILES string of the molecule is CC(C)(C)OC(=O)NC1CC(C(=O)O)c2ccccc21. The number of hydrogen-bond donors (Lipinski definition) is 2. The van der Waals surface area contributed by atoms with Crippen LogP contribution in [0.1, 0.15) is 50.3 Å². The Balaban J connectivity index is 2.15. The van der Waals surface area contributed by atoms with Crippen molar-refractivity contribution in [3.63, 3.8) is 0 Å². The molecule has 2 rings (SSSR count). The first kappa shape index (κ1) is 14.4. The van der Waals surface area contributed by atoms with Crippen molar-refractivity contribution < 1.29 is 19.4 Å². The van der Waals surface area contributed by atoms with Gasteiger partial charge in [-0.2, -0.15) is 0 Å². The molecule has 0 bridgehead atoms. The van der Waals surface area contributed by atoms with E-state index in [0.29, 0.717) is 6.42 Å². The van der Waals surface area contributed by atoms with Crippen LogP contribution in [-0.4, -0.2) is 22.8 Å². The van der Waals surface area contributed by atoms with Gasteiger partial charge in [-0.15, -0.1) is 0 Å². The summed E-state index contributed by atoms with van der Waals surface area (Å²) < 4.78 is 5.21. The van der Waals surface area contributed by atoms with Crippen LogP contribution in [-0.2, 0) is 9.53 Å². The number of amides is 1. The number of carbonyl (C=O) groups is 2. The van der Waals surface area contributed by atoms with E-state index in [1.54, 1.807) is 26.8 Å². The van der Waals surface area contributed by atoms with Crippen LogP contribution in [0.5, 0.6) is 0 Å². The fraction of sp³-hybridized carbons (Fsp3) is 0.467. The first-order valence-electron chi connectivity index (χ1n) is 6.59. The number of aliphatic carboxylic acids is 1. The summed E-state index contributed by atoms with van der Waals surface area (Å²) in [6, 6.07) is 6.98. The summed E-state index contributed by atoms with van der Waals surface area (Å²) in [6.45, 7) is 5.36. The molecule has 5 heteroatoms. The molecule has 0 saturated carbocycles. The van der Waals surface area contributed by atoms with Crippen LogP contribution >= 0.6 is 0 Å². The molecule has 20 heavy (non-hydrogen) atoms. The Morgan fingerprint density at radius 2 is 1.85 bits per heavy atom. The molecule has 0 aliphatic heterocycles. The number of rotatable bonds is 2. The molecule has 5 nitrogen and oxygen atoms in total. The van der Waals surface area contributed by atoms with E-state index in [2.05, 4.69) is 5.32 Å². The van der Waals surface area contributed by atoms with Crippen LogP contribution in [0.15, 0.2) is 24.3 Å². The van der Waals surface area contributed by atoms with Crippen molar-refractivity contribution in [2.24, 2.45) is 0 Å². The van der Waals surface area contributed by atoms with Crippen LogP contribution < -0.4 is 5.32 Å². The van der Waals surface area contributed by atoms with Gasteiger partial charge >= 0.3 is 12.1 Å². The molecular formula is C15H19NO4. The maximum Gasteiger partial charge on any atom is 0.408 e. The third kappa shape index (κ3) is 3.10. The van der Waals surface area contributed by atoms with E-state index in [4.69, 9.17) is 4.74 Å². The van der Waals surface area contributed by atoms with Crippen molar-refractivity contribution in [3.05, 3.63) is 35.4 Å². The number of nitrogens with one attached hydrogen (secondary N) is 1.